The first-order valence-corrected chi connectivity index (χ1v) is 10.6. The van der Waals surface area contributed by atoms with Gasteiger partial charge in [-0.2, -0.15) is 4.39 Å². The van der Waals surface area contributed by atoms with E-state index in [-0.39, 0.29) is 17.5 Å². The first kappa shape index (κ1) is 24.4. The number of carbonyl (C=O) groups excluding carboxylic acids is 2. The molecule has 1 aliphatic heterocycles. The summed E-state index contributed by atoms with van der Waals surface area (Å²) in [6.07, 6.45) is -2.40. The third-order valence-corrected chi connectivity index (χ3v) is 5.39. The fourth-order valence-electron chi connectivity index (χ4n) is 3.63. The van der Waals surface area contributed by atoms with Gasteiger partial charge in [-0.1, -0.05) is 41.5 Å². The Morgan fingerprint density at radius 3 is 2.33 bits per heavy atom. The van der Waals surface area contributed by atoms with Crippen LogP contribution in [0.1, 0.15) is 33.4 Å². The summed E-state index contributed by atoms with van der Waals surface area (Å²) in [5, 5.41) is 3.62. The Kier molecular flexibility index (Phi) is 6.95. The van der Waals surface area contributed by atoms with Gasteiger partial charge in [0.2, 0.25) is 11.5 Å². The highest BCUT2D eigenvalue weighted by atomic mass is 19.1. The van der Waals surface area contributed by atoms with Crippen LogP contribution in [0.15, 0.2) is 81.6 Å². The van der Waals surface area contributed by atoms with E-state index in [2.05, 4.69) is 10.0 Å². The summed E-state index contributed by atoms with van der Waals surface area (Å²) in [5.41, 5.74) is 5.26. The van der Waals surface area contributed by atoms with Crippen molar-refractivity contribution in [3.8, 4) is 0 Å². The molecular formula is C23H18FN5O7. The zero-order chi connectivity index (χ0) is 25.7. The molecule has 0 bridgehead atoms. The van der Waals surface area contributed by atoms with E-state index in [1.54, 1.807) is 41.4 Å². The van der Waals surface area contributed by atoms with Crippen molar-refractivity contribution in [2.75, 3.05) is 6.61 Å². The maximum absolute atomic E-state index is 13.9. The molecule has 0 saturated carbocycles. The number of H-pyrrole nitrogens is 1. The molecule has 0 aliphatic carbocycles. The molecule has 13 heteroatoms. The zero-order valence-corrected chi connectivity index (χ0v) is 18.4. The van der Waals surface area contributed by atoms with E-state index in [4.69, 9.17) is 14.2 Å². The van der Waals surface area contributed by atoms with Crippen molar-refractivity contribution in [1.82, 2.24) is 9.55 Å². The van der Waals surface area contributed by atoms with Gasteiger partial charge < -0.3 is 14.2 Å². The number of azide groups is 1. The van der Waals surface area contributed by atoms with Crippen LogP contribution in [0.2, 0.25) is 0 Å². The number of halogens is 1. The van der Waals surface area contributed by atoms with Crippen molar-refractivity contribution >= 4 is 11.9 Å². The van der Waals surface area contributed by atoms with Crippen LogP contribution in [-0.4, -0.2) is 39.9 Å². The third-order valence-electron chi connectivity index (χ3n) is 5.39. The molecule has 3 atom stereocenters. The van der Waals surface area contributed by atoms with E-state index in [0.29, 0.717) is 10.8 Å². The second-order valence-electron chi connectivity index (χ2n) is 7.69. The molecule has 3 unspecified atom stereocenters. The fraction of sp³-hybridized carbons (Fsp3) is 0.217. The molecule has 184 valence electrons. The van der Waals surface area contributed by atoms with E-state index in [1.807, 2.05) is 0 Å². The highest BCUT2D eigenvalue weighted by molar-refractivity contribution is 5.90. The Morgan fingerprint density at radius 1 is 1.11 bits per heavy atom. The second kappa shape index (κ2) is 10.3. The monoisotopic (exact) mass is 495 g/mol. The first-order chi connectivity index (χ1) is 17.3. The van der Waals surface area contributed by atoms with Crippen LogP contribution in [0.25, 0.3) is 10.4 Å². The summed E-state index contributed by atoms with van der Waals surface area (Å²) in [4.78, 5) is 53.6. The van der Waals surface area contributed by atoms with Gasteiger partial charge in [0.25, 0.3) is 5.56 Å². The number of aromatic amines is 1. The summed E-state index contributed by atoms with van der Waals surface area (Å²) in [6, 6.07) is 15.8. The normalized spacial score (nSPS) is 20.8. The van der Waals surface area contributed by atoms with Crippen molar-refractivity contribution in [3.05, 3.63) is 115 Å². The van der Waals surface area contributed by atoms with Gasteiger partial charge in [0.1, 0.15) is 18.9 Å². The maximum atomic E-state index is 13.9. The number of aromatic nitrogens is 2. The fourth-order valence-corrected chi connectivity index (χ4v) is 3.63. The lowest BCUT2D eigenvalue weighted by atomic mass is 10.1. The number of rotatable bonds is 7. The van der Waals surface area contributed by atoms with E-state index in [9.17, 15) is 29.1 Å². The van der Waals surface area contributed by atoms with Crippen LogP contribution < -0.4 is 11.2 Å². The SMILES string of the molecule is [N-]=[N+]=NC1(COC(=O)c2ccccc2)OC(n2cc(F)c(=O)[nH]c2=O)CC1OC(=O)c1ccccc1. The predicted octanol–water partition coefficient (Wildman–Crippen LogP) is 2.68. The zero-order valence-electron chi connectivity index (χ0n) is 18.4. The summed E-state index contributed by atoms with van der Waals surface area (Å²) in [6.45, 7) is -0.700. The van der Waals surface area contributed by atoms with Gasteiger partial charge in [-0.15, -0.1) is 0 Å². The molecule has 0 radical (unpaired) electrons. The quantitative estimate of drug-likeness (QED) is 0.228. The topological polar surface area (TPSA) is 165 Å². The van der Waals surface area contributed by atoms with Crippen molar-refractivity contribution in [1.29, 1.82) is 0 Å². The molecule has 1 saturated heterocycles. The molecule has 2 heterocycles. The van der Waals surface area contributed by atoms with Gasteiger partial charge in [0.05, 0.1) is 17.3 Å². The van der Waals surface area contributed by atoms with Crippen LogP contribution in [0.3, 0.4) is 0 Å². The van der Waals surface area contributed by atoms with Gasteiger partial charge in [-0.25, -0.2) is 14.4 Å². The van der Waals surface area contributed by atoms with Crippen LogP contribution in [0.5, 0.6) is 0 Å². The number of nitrogens with one attached hydrogen (secondary N) is 1. The maximum Gasteiger partial charge on any atom is 0.338 e. The Balaban J connectivity index is 1.68. The van der Waals surface area contributed by atoms with E-state index in [0.717, 1.165) is 0 Å². The van der Waals surface area contributed by atoms with Crippen molar-refractivity contribution in [2.45, 2.75) is 24.5 Å². The molecular weight excluding hydrogens is 477 g/mol. The van der Waals surface area contributed by atoms with Gasteiger partial charge in [0, 0.05) is 11.3 Å². The lowest BCUT2D eigenvalue weighted by molar-refractivity contribution is -0.129. The molecule has 3 aromatic rings. The molecule has 0 amide bonds. The Morgan fingerprint density at radius 2 is 1.72 bits per heavy atom. The molecule has 1 aliphatic rings. The minimum atomic E-state index is -2.11. The van der Waals surface area contributed by atoms with Crippen LogP contribution in [0.4, 0.5) is 4.39 Å². The molecule has 1 fully saturated rings. The van der Waals surface area contributed by atoms with Gasteiger partial charge in [0.15, 0.2) is 0 Å². The Bertz CT molecular complexity index is 1440. The Labute approximate surface area is 201 Å². The number of esters is 2. The largest absolute Gasteiger partial charge is 0.459 e. The molecule has 1 N–H and O–H groups in total. The third kappa shape index (κ3) is 5.02. The average Bonchev–Trinajstić information content (AvgIpc) is 3.23. The van der Waals surface area contributed by atoms with Crippen LogP contribution in [-0.2, 0) is 14.2 Å². The van der Waals surface area contributed by atoms with Gasteiger partial charge in [-0.3, -0.25) is 14.3 Å². The standard InChI is InChI=1S/C23H18FN5O7/c24-16-12-29(22(33)26-19(16)30)18-11-17(35-21(32)15-9-5-2-6-10-15)23(36-18,27-28-25)13-34-20(31)14-7-3-1-4-8-14/h1-10,12,17-18H,11,13H2,(H,26,30,33). The number of nitrogens with zero attached hydrogens (tertiary/aromatic N) is 4. The van der Waals surface area contributed by atoms with Crippen molar-refractivity contribution in [2.24, 2.45) is 5.11 Å². The molecule has 1 aromatic heterocycles. The number of ether oxygens (including phenoxy) is 3. The summed E-state index contributed by atoms with van der Waals surface area (Å²) in [7, 11) is 0. The predicted molar refractivity (Wildman–Crippen MR) is 120 cm³/mol. The molecule has 2 aromatic carbocycles. The van der Waals surface area contributed by atoms with Crippen LogP contribution in [0, 0.1) is 5.82 Å². The molecule has 4 rings (SSSR count). The number of hydrogen-bond acceptors (Lipinski definition) is 8. The average molecular weight is 495 g/mol. The number of hydrogen-bond donors (Lipinski definition) is 1. The lowest BCUT2D eigenvalue weighted by Crippen LogP contribution is -2.45. The summed E-state index contributed by atoms with van der Waals surface area (Å²) < 4.78 is 31.3. The Hall–Kier alpha value is -4.74. The van der Waals surface area contributed by atoms with Crippen LogP contribution >= 0.6 is 0 Å². The van der Waals surface area contributed by atoms with E-state index >= 15 is 0 Å². The molecule has 0 spiro atoms. The van der Waals surface area contributed by atoms with E-state index < -0.39 is 53.7 Å². The highest BCUT2D eigenvalue weighted by Gasteiger charge is 2.53. The lowest BCUT2D eigenvalue weighted by Gasteiger charge is -2.28. The van der Waals surface area contributed by atoms with Gasteiger partial charge >= 0.3 is 17.6 Å². The van der Waals surface area contributed by atoms with E-state index in [1.165, 1.54) is 24.3 Å². The summed E-state index contributed by atoms with van der Waals surface area (Å²) in [5.74, 6) is -2.86. The van der Waals surface area contributed by atoms with Crippen molar-refractivity contribution in [3.63, 3.8) is 0 Å². The van der Waals surface area contributed by atoms with Gasteiger partial charge in [-0.05, 0) is 29.8 Å². The minimum absolute atomic E-state index is 0.171. The molecule has 36 heavy (non-hydrogen) atoms. The number of carbonyl (C=O) groups is 2. The smallest absolute Gasteiger partial charge is 0.338 e. The second-order valence-corrected chi connectivity index (χ2v) is 7.69. The minimum Gasteiger partial charge on any atom is -0.459 e. The van der Waals surface area contributed by atoms with Crippen molar-refractivity contribution < 1.29 is 28.2 Å². The first-order valence-electron chi connectivity index (χ1n) is 10.6. The molecule has 12 nitrogen and oxygen atoms in total. The highest BCUT2D eigenvalue weighted by Crippen LogP contribution is 2.40. The number of benzene rings is 2. The summed E-state index contributed by atoms with van der Waals surface area (Å²) >= 11 is 0.